The molecule has 1 saturated heterocycles. The van der Waals surface area contributed by atoms with Crippen LogP contribution in [0.4, 0.5) is 0 Å². The number of aryl methyl sites for hydroxylation is 1. The molecule has 1 heterocycles. The minimum absolute atomic E-state index is 0.0437. The van der Waals surface area contributed by atoms with Crippen molar-refractivity contribution in [1.29, 1.82) is 0 Å². The van der Waals surface area contributed by atoms with E-state index in [1.54, 1.807) is 0 Å². The minimum Gasteiger partial charge on any atom is -0.338 e. The second-order valence-electron chi connectivity index (χ2n) is 5.33. The summed E-state index contributed by atoms with van der Waals surface area (Å²) in [5.74, 6) is 0.293. The molecule has 1 fully saturated rings. The van der Waals surface area contributed by atoms with Crippen molar-refractivity contribution in [1.82, 2.24) is 10.2 Å². The highest BCUT2D eigenvalue weighted by atomic mass is 16.2. The predicted molar refractivity (Wildman–Crippen MR) is 71.4 cm³/mol. The van der Waals surface area contributed by atoms with Gasteiger partial charge in [0, 0.05) is 12.6 Å². The Kier molecular flexibility index (Phi) is 3.08. The smallest absolute Gasteiger partial charge is 0.240 e. The molecule has 2 atom stereocenters. The average Bonchev–Trinajstić information content (AvgIpc) is 2.79. The molecule has 1 aromatic carbocycles. The Morgan fingerprint density at radius 3 is 2.72 bits per heavy atom. The molecular formula is C15H20N2O. The topological polar surface area (TPSA) is 32.3 Å². The van der Waals surface area contributed by atoms with Crippen LogP contribution in [0.15, 0.2) is 24.3 Å². The number of hydrogen-bond acceptors (Lipinski definition) is 2. The van der Waals surface area contributed by atoms with Crippen LogP contribution in [0.1, 0.15) is 24.0 Å². The first kappa shape index (κ1) is 11.7. The maximum atomic E-state index is 12.2. The van der Waals surface area contributed by atoms with Gasteiger partial charge in [0.2, 0.25) is 5.91 Å². The largest absolute Gasteiger partial charge is 0.338 e. The summed E-state index contributed by atoms with van der Waals surface area (Å²) in [4.78, 5) is 14.3. The van der Waals surface area contributed by atoms with Crippen molar-refractivity contribution in [2.24, 2.45) is 0 Å². The van der Waals surface area contributed by atoms with Gasteiger partial charge in [0.05, 0.1) is 6.04 Å². The van der Waals surface area contributed by atoms with E-state index >= 15 is 0 Å². The summed E-state index contributed by atoms with van der Waals surface area (Å²) in [6.45, 7) is 0.914. The lowest BCUT2D eigenvalue weighted by molar-refractivity contribution is -0.131. The van der Waals surface area contributed by atoms with Gasteiger partial charge in [-0.25, -0.2) is 0 Å². The van der Waals surface area contributed by atoms with Gasteiger partial charge in [-0.2, -0.15) is 0 Å². The van der Waals surface area contributed by atoms with E-state index in [2.05, 4.69) is 34.5 Å². The first-order chi connectivity index (χ1) is 8.79. The zero-order chi connectivity index (χ0) is 12.5. The molecule has 0 saturated carbocycles. The first-order valence-corrected chi connectivity index (χ1v) is 6.84. The van der Waals surface area contributed by atoms with Crippen molar-refractivity contribution in [3.8, 4) is 0 Å². The summed E-state index contributed by atoms with van der Waals surface area (Å²) in [5.41, 5.74) is 2.89. The number of rotatable bonds is 2. The summed E-state index contributed by atoms with van der Waals surface area (Å²) < 4.78 is 0. The Labute approximate surface area is 108 Å². The van der Waals surface area contributed by atoms with Crippen LogP contribution in [-0.2, 0) is 17.6 Å². The van der Waals surface area contributed by atoms with Gasteiger partial charge >= 0.3 is 0 Å². The van der Waals surface area contributed by atoms with Crippen LogP contribution in [0, 0.1) is 0 Å². The zero-order valence-corrected chi connectivity index (χ0v) is 10.9. The van der Waals surface area contributed by atoms with Gasteiger partial charge in [0.15, 0.2) is 0 Å². The monoisotopic (exact) mass is 244 g/mol. The number of likely N-dealkylation sites (tertiary alicyclic amines) is 1. The number of nitrogens with one attached hydrogen (secondary N) is 1. The second kappa shape index (κ2) is 4.73. The van der Waals surface area contributed by atoms with Crippen molar-refractivity contribution in [3.05, 3.63) is 35.4 Å². The van der Waals surface area contributed by atoms with Crippen molar-refractivity contribution in [2.75, 3.05) is 13.6 Å². The fraction of sp³-hybridized carbons (Fsp3) is 0.533. The van der Waals surface area contributed by atoms with E-state index in [-0.39, 0.29) is 6.04 Å². The molecule has 1 aliphatic carbocycles. The molecule has 1 N–H and O–H groups in total. The van der Waals surface area contributed by atoms with Crippen molar-refractivity contribution < 1.29 is 4.79 Å². The number of carbonyl (C=O) groups excluding carboxylic acids is 1. The Morgan fingerprint density at radius 2 is 2.00 bits per heavy atom. The molecule has 0 bridgehead atoms. The summed E-state index contributed by atoms with van der Waals surface area (Å²) in [7, 11) is 1.88. The van der Waals surface area contributed by atoms with Gasteiger partial charge in [-0.1, -0.05) is 24.3 Å². The van der Waals surface area contributed by atoms with Crippen LogP contribution in [-0.4, -0.2) is 36.5 Å². The SMILES string of the molecule is CNC1CCN(C2CCc3ccccc3C2)C1=O. The van der Waals surface area contributed by atoms with Crippen molar-refractivity contribution in [3.63, 3.8) is 0 Å². The molecule has 96 valence electrons. The molecule has 2 unspecified atom stereocenters. The van der Waals surface area contributed by atoms with E-state index in [4.69, 9.17) is 0 Å². The van der Waals surface area contributed by atoms with Gasteiger partial charge in [-0.3, -0.25) is 4.79 Å². The highest BCUT2D eigenvalue weighted by Crippen LogP contribution is 2.27. The normalized spacial score (nSPS) is 27.4. The zero-order valence-electron chi connectivity index (χ0n) is 10.9. The maximum Gasteiger partial charge on any atom is 0.240 e. The molecule has 18 heavy (non-hydrogen) atoms. The van der Waals surface area contributed by atoms with Gasteiger partial charge in [0.1, 0.15) is 0 Å². The van der Waals surface area contributed by atoms with Crippen LogP contribution in [0.3, 0.4) is 0 Å². The average molecular weight is 244 g/mol. The van der Waals surface area contributed by atoms with Crippen LogP contribution in [0.5, 0.6) is 0 Å². The molecule has 1 aliphatic heterocycles. The third kappa shape index (κ3) is 1.93. The van der Waals surface area contributed by atoms with Crippen LogP contribution in [0.2, 0.25) is 0 Å². The summed E-state index contributed by atoms with van der Waals surface area (Å²) in [6, 6.07) is 9.08. The Hall–Kier alpha value is -1.35. The van der Waals surface area contributed by atoms with E-state index in [1.807, 2.05) is 7.05 Å². The Morgan fingerprint density at radius 1 is 1.22 bits per heavy atom. The van der Waals surface area contributed by atoms with Gasteiger partial charge in [-0.05, 0) is 43.9 Å². The molecule has 2 aliphatic rings. The molecule has 3 nitrogen and oxygen atoms in total. The number of carbonyl (C=O) groups is 1. The van der Waals surface area contributed by atoms with Gasteiger partial charge in [0.25, 0.3) is 0 Å². The number of likely N-dealkylation sites (N-methyl/N-ethyl adjacent to an activating group) is 1. The second-order valence-corrected chi connectivity index (χ2v) is 5.33. The Balaban J connectivity index is 1.75. The highest BCUT2D eigenvalue weighted by molar-refractivity contribution is 5.84. The molecule has 1 amide bonds. The number of fused-ring (bicyclic) bond motifs is 1. The number of amides is 1. The minimum atomic E-state index is 0.0437. The molecule has 0 spiro atoms. The third-order valence-corrected chi connectivity index (χ3v) is 4.35. The molecule has 0 radical (unpaired) electrons. The van der Waals surface area contributed by atoms with Crippen molar-refractivity contribution >= 4 is 5.91 Å². The molecular weight excluding hydrogens is 224 g/mol. The number of nitrogens with zero attached hydrogens (tertiary/aromatic N) is 1. The van der Waals surface area contributed by atoms with Gasteiger partial charge in [-0.15, -0.1) is 0 Å². The molecule has 0 aromatic heterocycles. The number of benzene rings is 1. The van der Waals surface area contributed by atoms with E-state index < -0.39 is 0 Å². The van der Waals surface area contributed by atoms with Crippen LogP contribution in [0.25, 0.3) is 0 Å². The van der Waals surface area contributed by atoms with Crippen molar-refractivity contribution in [2.45, 2.75) is 37.8 Å². The van der Waals surface area contributed by atoms with E-state index in [9.17, 15) is 4.79 Å². The summed E-state index contributed by atoms with van der Waals surface area (Å²) in [5, 5.41) is 3.11. The van der Waals surface area contributed by atoms with Crippen LogP contribution >= 0.6 is 0 Å². The highest BCUT2D eigenvalue weighted by Gasteiger charge is 2.36. The molecule has 3 rings (SSSR count). The summed E-state index contributed by atoms with van der Waals surface area (Å²) in [6.07, 6.45) is 4.19. The maximum absolute atomic E-state index is 12.2. The lowest BCUT2D eigenvalue weighted by Gasteiger charge is -2.32. The van der Waals surface area contributed by atoms with Crippen LogP contribution < -0.4 is 5.32 Å². The lowest BCUT2D eigenvalue weighted by Crippen LogP contribution is -2.44. The van der Waals surface area contributed by atoms with E-state index in [0.717, 1.165) is 32.2 Å². The van der Waals surface area contributed by atoms with E-state index in [0.29, 0.717) is 11.9 Å². The number of hydrogen-bond donors (Lipinski definition) is 1. The standard InChI is InChI=1S/C15H20N2O/c1-16-14-8-9-17(15(14)18)13-7-6-11-4-2-3-5-12(11)10-13/h2-5,13-14,16H,6-10H2,1H3. The predicted octanol–water partition coefficient (Wildman–Crippen LogP) is 1.36. The fourth-order valence-corrected chi connectivity index (χ4v) is 3.28. The fourth-order valence-electron chi connectivity index (χ4n) is 3.28. The quantitative estimate of drug-likeness (QED) is 0.852. The van der Waals surface area contributed by atoms with Gasteiger partial charge < -0.3 is 10.2 Å². The Bertz CT molecular complexity index is 458. The lowest BCUT2D eigenvalue weighted by atomic mass is 9.87. The van der Waals surface area contributed by atoms with E-state index in [1.165, 1.54) is 11.1 Å². The first-order valence-electron chi connectivity index (χ1n) is 6.84. The molecule has 1 aromatic rings. The molecule has 3 heteroatoms. The summed E-state index contributed by atoms with van der Waals surface area (Å²) >= 11 is 0. The third-order valence-electron chi connectivity index (χ3n) is 4.35.